The van der Waals surface area contributed by atoms with Crippen LogP contribution in [0.1, 0.15) is 17.5 Å². The van der Waals surface area contributed by atoms with Gasteiger partial charge in [-0.2, -0.15) is 0 Å². The molecule has 104 valence electrons. The van der Waals surface area contributed by atoms with Crippen molar-refractivity contribution in [3.8, 4) is 5.75 Å². The summed E-state index contributed by atoms with van der Waals surface area (Å²) in [5.74, 6) is 0.101. The number of nitrogens with one attached hydrogen (secondary N) is 1. The van der Waals surface area contributed by atoms with Crippen molar-refractivity contribution < 1.29 is 19.1 Å². The van der Waals surface area contributed by atoms with E-state index >= 15 is 0 Å². The van der Waals surface area contributed by atoms with Crippen LogP contribution < -0.4 is 10.1 Å². The number of ether oxygens (including phenoxy) is 2. The molecule has 0 bridgehead atoms. The first-order chi connectivity index (χ1) is 9.04. The Morgan fingerprint density at radius 3 is 2.42 bits per heavy atom. The van der Waals surface area contributed by atoms with Crippen LogP contribution in [0, 0.1) is 13.8 Å². The molecule has 0 spiro atoms. The summed E-state index contributed by atoms with van der Waals surface area (Å²) in [4.78, 5) is 22.3. The van der Waals surface area contributed by atoms with Crippen molar-refractivity contribution in [2.45, 2.75) is 20.3 Å². The van der Waals surface area contributed by atoms with Crippen LogP contribution in [-0.2, 0) is 14.3 Å². The van der Waals surface area contributed by atoms with E-state index in [0.29, 0.717) is 0 Å². The van der Waals surface area contributed by atoms with Gasteiger partial charge in [0.1, 0.15) is 12.3 Å². The van der Waals surface area contributed by atoms with Crippen molar-refractivity contribution in [1.29, 1.82) is 0 Å². The third-order valence-electron chi connectivity index (χ3n) is 2.64. The number of benzene rings is 1. The fourth-order valence-electron chi connectivity index (χ4n) is 1.60. The Morgan fingerprint density at radius 1 is 1.21 bits per heavy atom. The number of carbonyl (C=O) groups excluding carboxylic acids is 2. The summed E-state index contributed by atoms with van der Waals surface area (Å²) < 4.78 is 10.0. The van der Waals surface area contributed by atoms with Crippen LogP contribution >= 0.6 is 0 Å². The number of methoxy groups -OCH3 is 1. The SMILES string of the molecule is COC(=O)CNC(=O)CCOc1c(C)cccc1C. The fraction of sp³-hybridized carbons (Fsp3) is 0.429. The second-order valence-electron chi connectivity index (χ2n) is 4.17. The molecule has 1 rings (SSSR count). The van der Waals surface area contributed by atoms with Gasteiger partial charge in [0.25, 0.3) is 0 Å². The highest BCUT2D eigenvalue weighted by Gasteiger charge is 2.07. The number of hydrogen-bond acceptors (Lipinski definition) is 4. The Kier molecular flexibility index (Phi) is 5.85. The summed E-state index contributed by atoms with van der Waals surface area (Å²) in [7, 11) is 1.28. The van der Waals surface area contributed by atoms with Gasteiger partial charge in [-0.15, -0.1) is 0 Å². The van der Waals surface area contributed by atoms with Gasteiger partial charge >= 0.3 is 5.97 Å². The number of carbonyl (C=O) groups is 2. The van der Waals surface area contributed by atoms with Crippen LogP contribution in [-0.4, -0.2) is 32.1 Å². The first-order valence-corrected chi connectivity index (χ1v) is 6.07. The minimum absolute atomic E-state index is 0.112. The third-order valence-corrected chi connectivity index (χ3v) is 2.64. The molecule has 0 aromatic heterocycles. The topological polar surface area (TPSA) is 64.6 Å². The molecule has 0 heterocycles. The molecule has 0 aliphatic carbocycles. The monoisotopic (exact) mass is 265 g/mol. The molecule has 1 aromatic rings. The summed E-state index contributed by atoms with van der Waals surface area (Å²) in [6.07, 6.45) is 0.199. The van der Waals surface area contributed by atoms with Crippen molar-refractivity contribution in [1.82, 2.24) is 5.32 Å². The van der Waals surface area contributed by atoms with E-state index in [1.807, 2.05) is 32.0 Å². The van der Waals surface area contributed by atoms with Gasteiger partial charge in [0, 0.05) is 0 Å². The Labute approximate surface area is 112 Å². The Hall–Kier alpha value is -2.04. The second-order valence-corrected chi connectivity index (χ2v) is 4.17. The minimum atomic E-state index is -0.469. The van der Waals surface area contributed by atoms with Crippen molar-refractivity contribution in [2.75, 3.05) is 20.3 Å². The molecular formula is C14H19NO4. The predicted octanol–water partition coefficient (Wildman–Crippen LogP) is 1.36. The number of para-hydroxylation sites is 1. The molecule has 0 saturated heterocycles. The van der Waals surface area contributed by atoms with Crippen LogP contribution in [0.25, 0.3) is 0 Å². The molecule has 0 unspecified atom stereocenters. The van der Waals surface area contributed by atoms with E-state index in [-0.39, 0.29) is 25.5 Å². The van der Waals surface area contributed by atoms with Gasteiger partial charge < -0.3 is 14.8 Å². The van der Waals surface area contributed by atoms with Gasteiger partial charge in [0.15, 0.2) is 0 Å². The maximum Gasteiger partial charge on any atom is 0.325 e. The van der Waals surface area contributed by atoms with Crippen molar-refractivity contribution >= 4 is 11.9 Å². The van der Waals surface area contributed by atoms with E-state index in [9.17, 15) is 9.59 Å². The van der Waals surface area contributed by atoms with Gasteiger partial charge in [-0.25, -0.2) is 0 Å². The number of amides is 1. The summed E-state index contributed by atoms with van der Waals surface area (Å²) in [6.45, 7) is 4.08. The van der Waals surface area contributed by atoms with Gasteiger partial charge in [0.2, 0.25) is 5.91 Å². The molecule has 0 atom stereocenters. The smallest absolute Gasteiger partial charge is 0.325 e. The van der Waals surface area contributed by atoms with Crippen LogP contribution in [0.4, 0.5) is 0 Å². The number of hydrogen-bond donors (Lipinski definition) is 1. The third kappa shape index (κ3) is 4.99. The van der Waals surface area contributed by atoms with E-state index in [1.165, 1.54) is 7.11 Å². The molecule has 5 heteroatoms. The maximum absolute atomic E-state index is 11.4. The lowest BCUT2D eigenvalue weighted by molar-refractivity contribution is -0.141. The molecule has 0 aliphatic heterocycles. The first kappa shape index (κ1) is 15.0. The molecule has 0 saturated carbocycles. The van der Waals surface area contributed by atoms with Gasteiger partial charge in [0.05, 0.1) is 20.1 Å². The molecule has 0 aliphatic rings. The number of aryl methyl sites for hydroxylation is 2. The zero-order valence-corrected chi connectivity index (χ0v) is 11.5. The van der Waals surface area contributed by atoms with Crippen LogP contribution in [0.3, 0.4) is 0 Å². The summed E-state index contributed by atoms with van der Waals surface area (Å²) in [5.41, 5.74) is 2.07. The standard InChI is InChI=1S/C14H19NO4/c1-10-5-4-6-11(2)14(10)19-8-7-12(16)15-9-13(17)18-3/h4-6H,7-9H2,1-3H3,(H,15,16). The molecule has 1 aromatic carbocycles. The maximum atomic E-state index is 11.4. The first-order valence-electron chi connectivity index (χ1n) is 6.07. The number of esters is 1. The Balaban J connectivity index is 2.34. The summed E-state index contributed by atoms with van der Waals surface area (Å²) in [6, 6.07) is 5.87. The lowest BCUT2D eigenvalue weighted by atomic mass is 10.1. The average molecular weight is 265 g/mol. The number of rotatable bonds is 6. The van der Waals surface area contributed by atoms with Gasteiger partial charge in [-0.3, -0.25) is 9.59 Å². The molecule has 5 nitrogen and oxygen atoms in total. The summed E-state index contributed by atoms with van der Waals surface area (Å²) >= 11 is 0. The zero-order valence-electron chi connectivity index (χ0n) is 11.5. The van der Waals surface area contributed by atoms with Crippen LogP contribution in [0.15, 0.2) is 18.2 Å². The van der Waals surface area contributed by atoms with Gasteiger partial charge in [-0.1, -0.05) is 18.2 Å². The van der Waals surface area contributed by atoms with E-state index in [2.05, 4.69) is 10.1 Å². The molecule has 1 amide bonds. The van der Waals surface area contributed by atoms with E-state index in [1.54, 1.807) is 0 Å². The molecule has 0 radical (unpaired) electrons. The highest BCUT2D eigenvalue weighted by molar-refractivity contribution is 5.81. The Bertz CT molecular complexity index is 437. The van der Waals surface area contributed by atoms with Crippen LogP contribution in [0.5, 0.6) is 5.75 Å². The van der Waals surface area contributed by atoms with Gasteiger partial charge in [-0.05, 0) is 25.0 Å². The zero-order chi connectivity index (χ0) is 14.3. The van der Waals surface area contributed by atoms with Crippen molar-refractivity contribution in [3.05, 3.63) is 29.3 Å². The lowest BCUT2D eigenvalue weighted by Crippen LogP contribution is -2.31. The molecule has 19 heavy (non-hydrogen) atoms. The molecule has 0 fully saturated rings. The largest absolute Gasteiger partial charge is 0.493 e. The fourth-order valence-corrected chi connectivity index (χ4v) is 1.60. The lowest BCUT2D eigenvalue weighted by Gasteiger charge is -2.11. The van der Waals surface area contributed by atoms with E-state index < -0.39 is 5.97 Å². The quantitative estimate of drug-likeness (QED) is 0.789. The van der Waals surface area contributed by atoms with Crippen molar-refractivity contribution in [3.63, 3.8) is 0 Å². The van der Waals surface area contributed by atoms with Crippen molar-refractivity contribution in [2.24, 2.45) is 0 Å². The minimum Gasteiger partial charge on any atom is -0.493 e. The average Bonchev–Trinajstić information content (AvgIpc) is 2.39. The highest BCUT2D eigenvalue weighted by Crippen LogP contribution is 2.22. The second kappa shape index (κ2) is 7.41. The normalized spacial score (nSPS) is 9.84. The van der Waals surface area contributed by atoms with Crippen LogP contribution in [0.2, 0.25) is 0 Å². The van der Waals surface area contributed by atoms with E-state index in [4.69, 9.17) is 4.74 Å². The Morgan fingerprint density at radius 2 is 1.84 bits per heavy atom. The summed E-state index contributed by atoms with van der Waals surface area (Å²) in [5, 5.41) is 2.46. The highest BCUT2D eigenvalue weighted by atomic mass is 16.5. The molecule has 1 N–H and O–H groups in total. The molecular weight excluding hydrogens is 246 g/mol. The van der Waals surface area contributed by atoms with E-state index in [0.717, 1.165) is 16.9 Å². The predicted molar refractivity (Wildman–Crippen MR) is 71.1 cm³/mol.